The Morgan fingerprint density at radius 3 is 2.76 bits per heavy atom. The molecule has 1 unspecified atom stereocenters. The van der Waals surface area contributed by atoms with E-state index in [1.54, 1.807) is 18.4 Å². The monoisotopic (exact) mass is 235 g/mol. The van der Waals surface area contributed by atoms with E-state index in [-0.39, 0.29) is 11.5 Å². The first-order valence-electron chi connectivity index (χ1n) is 5.59. The van der Waals surface area contributed by atoms with E-state index in [0.717, 1.165) is 0 Å². The van der Waals surface area contributed by atoms with Crippen LogP contribution in [0.1, 0.15) is 26.7 Å². The van der Waals surface area contributed by atoms with Crippen molar-refractivity contribution < 1.29 is 8.94 Å². The average Bonchev–Trinajstić information content (AvgIpc) is 2.83. The summed E-state index contributed by atoms with van der Waals surface area (Å²) in [5, 5.41) is 3.86. The van der Waals surface area contributed by atoms with Gasteiger partial charge in [-0.3, -0.25) is 0 Å². The zero-order valence-corrected chi connectivity index (χ0v) is 10.3. The standard InChI is InChI=1S/C12H17N3O2/c1-12(2,3)9(13)7-10-14-11(15-17-10)8-5-4-6-16-8/h4-6,9H,7,13H2,1-3H3. The minimum absolute atomic E-state index is 0.0132. The van der Waals surface area contributed by atoms with E-state index in [1.165, 1.54) is 0 Å². The summed E-state index contributed by atoms with van der Waals surface area (Å²) in [6.07, 6.45) is 2.14. The van der Waals surface area contributed by atoms with Gasteiger partial charge in [-0.1, -0.05) is 25.9 Å². The van der Waals surface area contributed by atoms with Crippen LogP contribution in [0.4, 0.5) is 0 Å². The highest BCUT2D eigenvalue weighted by molar-refractivity contribution is 5.44. The van der Waals surface area contributed by atoms with Gasteiger partial charge in [0.1, 0.15) is 0 Å². The molecule has 2 aromatic heterocycles. The van der Waals surface area contributed by atoms with E-state index in [9.17, 15) is 0 Å². The molecule has 5 heteroatoms. The number of hydrogen-bond donors (Lipinski definition) is 1. The van der Waals surface area contributed by atoms with E-state index < -0.39 is 0 Å². The third kappa shape index (κ3) is 2.74. The van der Waals surface area contributed by atoms with Gasteiger partial charge in [0.2, 0.25) is 11.7 Å². The summed E-state index contributed by atoms with van der Waals surface area (Å²) in [5.74, 6) is 1.61. The van der Waals surface area contributed by atoms with Crippen LogP contribution in [-0.2, 0) is 6.42 Å². The van der Waals surface area contributed by atoms with Crippen molar-refractivity contribution >= 4 is 0 Å². The van der Waals surface area contributed by atoms with Crippen LogP contribution in [0.15, 0.2) is 27.3 Å². The Kier molecular flexibility index (Phi) is 3.02. The van der Waals surface area contributed by atoms with Gasteiger partial charge in [0.25, 0.3) is 0 Å². The van der Waals surface area contributed by atoms with Crippen LogP contribution in [0.3, 0.4) is 0 Å². The molecule has 0 amide bonds. The van der Waals surface area contributed by atoms with E-state index >= 15 is 0 Å². The molecule has 17 heavy (non-hydrogen) atoms. The maximum absolute atomic E-state index is 6.06. The fourth-order valence-corrected chi connectivity index (χ4v) is 1.34. The molecule has 0 aliphatic rings. The molecular weight excluding hydrogens is 218 g/mol. The molecule has 0 fully saturated rings. The van der Waals surface area contributed by atoms with Crippen molar-refractivity contribution in [2.45, 2.75) is 33.2 Å². The Balaban J connectivity index is 2.09. The Bertz CT molecular complexity index is 468. The van der Waals surface area contributed by atoms with Gasteiger partial charge < -0.3 is 14.7 Å². The molecule has 0 bridgehead atoms. The largest absolute Gasteiger partial charge is 0.461 e. The maximum atomic E-state index is 6.06. The van der Waals surface area contributed by atoms with E-state index in [4.69, 9.17) is 14.7 Å². The summed E-state index contributed by atoms with van der Waals surface area (Å²) < 4.78 is 10.3. The van der Waals surface area contributed by atoms with Gasteiger partial charge in [0, 0.05) is 12.5 Å². The molecule has 5 nitrogen and oxygen atoms in total. The zero-order valence-electron chi connectivity index (χ0n) is 10.3. The number of nitrogens with two attached hydrogens (primary N) is 1. The van der Waals surface area contributed by atoms with Crippen LogP contribution in [0.25, 0.3) is 11.6 Å². The number of furan rings is 1. The maximum Gasteiger partial charge on any atom is 0.238 e. The van der Waals surface area contributed by atoms with Crippen LogP contribution < -0.4 is 5.73 Å². The quantitative estimate of drug-likeness (QED) is 0.882. The molecule has 0 aliphatic heterocycles. The van der Waals surface area contributed by atoms with E-state index in [2.05, 4.69) is 30.9 Å². The Morgan fingerprint density at radius 1 is 1.41 bits per heavy atom. The molecule has 2 heterocycles. The SMILES string of the molecule is CC(C)(C)C(N)Cc1nc(-c2ccco2)no1. The Hall–Kier alpha value is -1.62. The first kappa shape index (κ1) is 11.9. The van der Waals surface area contributed by atoms with Gasteiger partial charge in [-0.2, -0.15) is 4.98 Å². The van der Waals surface area contributed by atoms with Gasteiger partial charge in [-0.15, -0.1) is 0 Å². The molecule has 0 aromatic carbocycles. The van der Waals surface area contributed by atoms with Gasteiger partial charge in [0.15, 0.2) is 5.76 Å². The van der Waals surface area contributed by atoms with Gasteiger partial charge in [-0.05, 0) is 17.5 Å². The van der Waals surface area contributed by atoms with E-state index in [0.29, 0.717) is 23.9 Å². The highest BCUT2D eigenvalue weighted by Crippen LogP contribution is 2.21. The van der Waals surface area contributed by atoms with E-state index in [1.807, 2.05) is 0 Å². The molecular formula is C12H17N3O2. The summed E-state index contributed by atoms with van der Waals surface area (Å²) in [4.78, 5) is 4.25. The highest BCUT2D eigenvalue weighted by Gasteiger charge is 2.23. The summed E-state index contributed by atoms with van der Waals surface area (Å²) in [6.45, 7) is 6.25. The summed E-state index contributed by atoms with van der Waals surface area (Å²) >= 11 is 0. The summed E-state index contributed by atoms with van der Waals surface area (Å²) in [5.41, 5.74) is 6.07. The van der Waals surface area contributed by atoms with Crippen LogP contribution >= 0.6 is 0 Å². The summed E-state index contributed by atoms with van der Waals surface area (Å²) in [7, 11) is 0. The first-order valence-corrected chi connectivity index (χ1v) is 5.59. The van der Waals surface area contributed by atoms with Crippen LogP contribution in [0.5, 0.6) is 0 Å². The van der Waals surface area contributed by atoms with Gasteiger partial charge in [-0.25, -0.2) is 0 Å². The third-order valence-electron chi connectivity index (χ3n) is 2.72. The van der Waals surface area contributed by atoms with Crippen molar-refractivity contribution in [1.29, 1.82) is 0 Å². The molecule has 2 aromatic rings. The number of aromatic nitrogens is 2. The van der Waals surface area contributed by atoms with Gasteiger partial charge >= 0.3 is 0 Å². The minimum Gasteiger partial charge on any atom is -0.461 e. The fraction of sp³-hybridized carbons (Fsp3) is 0.500. The molecule has 0 saturated carbocycles. The zero-order chi connectivity index (χ0) is 12.5. The van der Waals surface area contributed by atoms with Crippen molar-refractivity contribution in [3.8, 4) is 11.6 Å². The van der Waals surface area contributed by atoms with Crippen LogP contribution in [0, 0.1) is 5.41 Å². The van der Waals surface area contributed by atoms with Crippen molar-refractivity contribution in [1.82, 2.24) is 10.1 Å². The number of hydrogen-bond acceptors (Lipinski definition) is 5. The van der Waals surface area contributed by atoms with Crippen molar-refractivity contribution in [3.05, 3.63) is 24.3 Å². The van der Waals surface area contributed by atoms with Gasteiger partial charge in [0.05, 0.1) is 6.26 Å². The fourth-order valence-electron chi connectivity index (χ4n) is 1.34. The molecule has 0 saturated heterocycles. The van der Waals surface area contributed by atoms with Crippen LogP contribution in [-0.4, -0.2) is 16.2 Å². The molecule has 2 rings (SSSR count). The average molecular weight is 235 g/mol. The molecule has 1 atom stereocenters. The third-order valence-corrected chi connectivity index (χ3v) is 2.72. The second kappa shape index (κ2) is 4.33. The van der Waals surface area contributed by atoms with Crippen molar-refractivity contribution in [2.24, 2.45) is 11.1 Å². The lowest BCUT2D eigenvalue weighted by molar-refractivity contribution is 0.286. The van der Waals surface area contributed by atoms with Crippen molar-refractivity contribution in [2.75, 3.05) is 0 Å². The normalized spacial score (nSPS) is 13.9. The Labute approximate surface area is 100.0 Å². The molecule has 0 radical (unpaired) electrons. The molecule has 0 spiro atoms. The lowest BCUT2D eigenvalue weighted by atomic mass is 9.85. The minimum atomic E-state index is -0.0209. The van der Waals surface area contributed by atoms with Crippen LogP contribution in [0.2, 0.25) is 0 Å². The first-order chi connectivity index (χ1) is 7.97. The predicted molar refractivity (Wildman–Crippen MR) is 63.1 cm³/mol. The highest BCUT2D eigenvalue weighted by atomic mass is 16.5. The molecule has 0 aliphatic carbocycles. The Morgan fingerprint density at radius 2 is 2.18 bits per heavy atom. The lowest BCUT2D eigenvalue weighted by Gasteiger charge is -2.25. The van der Waals surface area contributed by atoms with Crippen molar-refractivity contribution in [3.63, 3.8) is 0 Å². The second-order valence-electron chi connectivity index (χ2n) is 5.17. The summed E-state index contributed by atoms with van der Waals surface area (Å²) in [6, 6.07) is 3.55. The number of rotatable bonds is 3. The smallest absolute Gasteiger partial charge is 0.238 e. The lowest BCUT2D eigenvalue weighted by Crippen LogP contribution is -2.36. The topological polar surface area (TPSA) is 78.1 Å². The number of nitrogens with zero attached hydrogens (tertiary/aromatic N) is 2. The second-order valence-corrected chi connectivity index (χ2v) is 5.17. The predicted octanol–water partition coefficient (Wildman–Crippen LogP) is 2.25. The molecule has 2 N–H and O–H groups in total. The molecule has 92 valence electrons.